The van der Waals surface area contributed by atoms with Gasteiger partial charge in [0.05, 0.1) is 12.2 Å². The number of hydrogen-bond acceptors (Lipinski definition) is 3. The van der Waals surface area contributed by atoms with E-state index < -0.39 is 0 Å². The first kappa shape index (κ1) is 16.8. The monoisotopic (exact) mass is 326 g/mol. The van der Waals surface area contributed by atoms with Crippen LogP contribution in [0.4, 0.5) is 0 Å². The molecule has 0 aromatic heterocycles. The Balaban J connectivity index is 1.76. The van der Waals surface area contributed by atoms with Crippen LogP contribution in [0.3, 0.4) is 0 Å². The molecule has 3 nitrogen and oxygen atoms in total. The van der Waals surface area contributed by atoms with Gasteiger partial charge >= 0.3 is 5.97 Å². The number of rotatable bonds is 4. The van der Waals surface area contributed by atoms with E-state index in [2.05, 4.69) is 20.8 Å². The lowest BCUT2D eigenvalue weighted by Gasteiger charge is -2.19. The molecule has 0 bridgehead atoms. The number of esters is 1. The molecule has 0 saturated heterocycles. The van der Waals surface area contributed by atoms with Gasteiger partial charge in [-0.05, 0) is 54.9 Å². The average Bonchev–Trinajstić information content (AvgIpc) is 3.12. The first-order valence-electron chi connectivity index (χ1n) is 8.80. The van der Waals surface area contributed by atoms with E-state index in [0.717, 1.165) is 25.0 Å². The number of hydrogen-bond donors (Lipinski definition) is 0. The van der Waals surface area contributed by atoms with Crippen LogP contribution in [0.2, 0.25) is 0 Å². The van der Waals surface area contributed by atoms with Gasteiger partial charge in [-0.25, -0.2) is 4.79 Å². The number of ether oxygens (including phenoxy) is 2. The Kier molecular flexibility index (Phi) is 4.53. The maximum absolute atomic E-state index is 12.5. The SMILES string of the molecule is CCOC1=CC(OC(=O)c2ccc(C(C)(C)C)cc2)=C2CCC[C@@H]12. The maximum Gasteiger partial charge on any atom is 0.343 e. The summed E-state index contributed by atoms with van der Waals surface area (Å²) in [7, 11) is 0. The number of allylic oxidation sites excluding steroid dienone is 2. The van der Waals surface area contributed by atoms with Crippen LogP contribution in [0, 0.1) is 5.92 Å². The summed E-state index contributed by atoms with van der Waals surface area (Å²) < 4.78 is 11.4. The van der Waals surface area contributed by atoms with Gasteiger partial charge in [0.1, 0.15) is 11.5 Å². The van der Waals surface area contributed by atoms with Crippen molar-refractivity contribution in [1.82, 2.24) is 0 Å². The maximum atomic E-state index is 12.5. The highest BCUT2D eigenvalue weighted by molar-refractivity contribution is 5.90. The number of fused-ring (bicyclic) bond motifs is 1. The van der Waals surface area contributed by atoms with E-state index in [1.807, 2.05) is 37.3 Å². The lowest BCUT2D eigenvalue weighted by atomic mass is 9.87. The Morgan fingerprint density at radius 2 is 1.92 bits per heavy atom. The van der Waals surface area contributed by atoms with Crippen molar-refractivity contribution in [1.29, 1.82) is 0 Å². The largest absolute Gasteiger partial charge is 0.497 e. The molecule has 0 amide bonds. The van der Waals surface area contributed by atoms with Gasteiger partial charge in [-0.3, -0.25) is 0 Å². The van der Waals surface area contributed by atoms with E-state index in [4.69, 9.17) is 9.47 Å². The molecule has 3 heteroatoms. The molecule has 0 aliphatic heterocycles. The highest BCUT2D eigenvalue weighted by atomic mass is 16.5. The summed E-state index contributed by atoms with van der Waals surface area (Å²) in [6, 6.07) is 7.70. The molecule has 2 aliphatic rings. The summed E-state index contributed by atoms with van der Waals surface area (Å²) in [5.74, 6) is 1.68. The predicted octanol–water partition coefficient (Wildman–Crippen LogP) is 5.13. The Morgan fingerprint density at radius 1 is 1.21 bits per heavy atom. The highest BCUT2D eigenvalue weighted by Crippen LogP contribution is 2.44. The molecule has 0 N–H and O–H groups in total. The quantitative estimate of drug-likeness (QED) is 0.720. The van der Waals surface area contributed by atoms with Crippen LogP contribution in [0.25, 0.3) is 0 Å². The highest BCUT2D eigenvalue weighted by Gasteiger charge is 2.34. The van der Waals surface area contributed by atoms with Gasteiger partial charge in [0.2, 0.25) is 0 Å². The van der Waals surface area contributed by atoms with Crippen molar-refractivity contribution in [2.45, 2.75) is 52.4 Å². The Labute approximate surface area is 144 Å². The van der Waals surface area contributed by atoms with E-state index in [9.17, 15) is 4.79 Å². The van der Waals surface area contributed by atoms with Crippen molar-refractivity contribution in [2.24, 2.45) is 5.92 Å². The Bertz CT molecular complexity index is 687. The van der Waals surface area contributed by atoms with Crippen LogP contribution < -0.4 is 0 Å². The first-order chi connectivity index (χ1) is 11.4. The summed E-state index contributed by atoms with van der Waals surface area (Å²) in [5.41, 5.74) is 3.09. The second-order valence-electron chi connectivity index (χ2n) is 7.53. The van der Waals surface area contributed by atoms with Crippen LogP contribution in [0.5, 0.6) is 0 Å². The van der Waals surface area contributed by atoms with Crippen LogP contribution in [0.1, 0.15) is 62.9 Å². The third-order valence-electron chi connectivity index (χ3n) is 4.79. The molecular formula is C21H26O3. The predicted molar refractivity (Wildman–Crippen MR) is 94.6 cm³/mol. The second-order valence-corrected chi connectivity index (χ2v) is 7.53. The fourth-order valence-corrected chi connectivity index (χ4v) is 3.45. The first-order valence-corrected chi connectivity index (χ1v) is 8.80. The molecule has 0 unspecified atom stereocenters. The zero-order valence-corrected chi connectivity index (χ0v) is 15.0. The lowest BCUT2D eigenvalue weighted by molar-refractivity contribution is 0.0634. The minimum Gasteiger partial charge on any atom is -0.497 e. The van der Waals surface area contributed by atoms with Gasteiger partial charge in [-0.15, -0.1) is 0 Å². The van der Waals surface area contributed by atoms with E-state index in [1.165, 1.54) is 11.1 Å². The molecule has 1 fully saturated rings. The number of benzene rings is 1. The van der Waals surface area contributed by atoms with Crippen LogP contribution >= 0.6 is 0 Å². The second kappa shape index (κ2) is 6.46. The Morgan fingerprint density at radius 3 is 2.54 bits per heavy atom. The van der Waals surface area contributed by atoms with Gasteiger partial charge in [0, 0.05) is 12.0 Å². The normalized spacial score (nSPS) is 20.0. The molecule has 0 spiro atoms. The van der Waals surface area contributed by atoms with E-state index in [-0.39, 0.29) is 11.4 Å². The minimum absolute atomic E-state index is 0.0741. The summed E-state index contributed by atoms with van der Waals surface area (Å²) in [4.78, 5) is 12.5. The van der Waals surface area contributed by atoms with Crippen molar-refractivity contribution in [3.05, 3.63) is 58.6 Å². The van der Waals surface area contributed by atoms with Crippen molar-refractivity contribution < 1.29 is 14.3 Å². The fraction of sp³-hybridized carbons (Fsp3) is 0.476. The molecule has 2 aliphatic carbocycles. The third kappa shape index (κ3) is 3.26. The lowest BCUT2D eigenvalue weighted by Crippen LogP contribution is -2.12. The summed E-state index contributed by atoms with van der Waals surface area (Å²) in [6.07, 6.45) is 5.11. The molecule has 1 aromatic rings. The molecule has 0 radical (unpaired) electrons. The van der Waals surface area contributed by atoms with Gasteiger partial charge in [0.15, 0.2) is 0 Å². The van der Waals surface area contributed by atoms with Crippen molar-refractivity contribution >= 4 is 5.97 Å². The molecular weight excluding hydrogens is 300 g/mol. The van der Waals surface area contributed by atoms with Gasteiger partial charge in [-0.2, -0.15) is 0 Å². The fourth-order valence-electron chi connectivity index (χ4n) is 3.45. The van der Waals surface area contributed by atoms with Crippen molar-refractivity contribution in [3.8, 4) is 0 Å². The third-order valence-corrected chi connectivity index (χ3v) is 4.79. The number of carbonyl (C=O) groups excluding carboxylic acids is 1. The smallest absolute Gasteiger partial charge is 0.343 e. The van der Waals surface area contributed by atoms with E-state index in [0.29, 0.717) is 23.8 Å². The molecule has 128 valence electrons. The van der Waals surface area contributed by atoms with Crippen molar-refractivity contribution in [3.63, 3.8) is 0 Å². The van der Waals surface area contributed by atoms with Gasteiger partial charge < -0.3 is 9.47 Å². The molecule has 1 saturated carbocycles. The minimum atomic E-state index is -0.294. The zero-order chi connectivity index (χ0) is 17.3. The van der Waals surface area contributed by atoms with E-state index >= 15 is 0 Å². The van der Waals surface area contributed by atoms with Crippen LogP contribution in [0.15, 0.2) is 47.4 Å². The zero-order valence-electron chi connectivity index (χ0n) is 15.0. The van der Waals surface area contributed by atoms with Gasteiger partial charge in [-0.1, -0.05) is 32.9 Å². The standard InChI is InChI=1S/C21H26O3/c1-5-23-18-13-19(17-8-6-7-16(17)18)24-20(22)14-9-11-15(12-10-14)21(2,3)4/h9-13,16H,5-8H2,1-4H3/t16-/m1/s1. The molecule has 1 aromatic carbocycles. The summed E-state index contributed by atoms with van der Waals surface area (Å²) in [6.45, 7) is 9.10. The van der Waals surface area contributed by atoms with Crippen LogP contribution in [-0.2, 0) is 14.9 Å². The topological polar surface area (TPSA) is 35.5 Å². The van der Waals surface area contributed by atoms with Crippen LogP contribution in [-0.4, -0.2) is 12.6 Å². The number of carbonyl (C=O) groups is 1. The van der Waals surface area contributed by atoms with E-state index in [1.54, 1.807) is 0 Å². The molecule has 3 rings (SSSR count). The summed E-state index contributed by atoms with van der Waals surface area (Å²) in [5, 5.41) is 0. The average molecular weight is 326 g/mol. The Hall–Kier alpha value is -2.03. The van der Waals surface area contributed by atoms with Crippen molar-refractivity contribution in [2.75, 3.05) is 6.61 Å². The molecule has 1 atom stereocenters. The molecule has 0 heterocycles. The summed E-state index contributed by atoms with van der Waals surface area (Å²) >= 11 is 0. The van der Waals surface area contributed by atoms with Gasteiger partial charge in [0.25, 0.3) is 0 Å². The molecule has 24 heavy (non-hydrogen) atoms.